The minimum atomic E-state index is 1.26. The van der Waals surface area contributed by atoms with Crippen molar-refractivity contribution in [3.63, 3.8) is 0 Å². The van der Waals surface area contributed by atoms with E-state index in [0.29, 0.717) is 0 Å². The van der Waals surface area contributed by atoms with Gasteiger partial charge in [0, 0.05) is 20.2 Å². The maximum atomic E-state index is 2.39. The summed E-state index contributed by atoms with van der Waals surface area (Å²) in [5.74, 6) is 0. The first kappa shape index (κ1) is 21.8. The zero-order valence-electron chi connectivity index (χ0n) is 22.1. The lowest BCUT2D eigenvalue weighted by Gasteiger charge is -2.15. The Kier molecular flexibility index (Phi) is 4.15. The molecule has 0 amide bonds. The molecule has 0 fully saturated rings. The van der Waals surface area contributed by atoms with Crippen molar-refractivity contribution >= 4 is 85.4 Å². The van der Waals surface area contributed by atoms with E-state index >= 15 is 0 Å². The third-order valence-corrected chi connectivity index (χ3v) is 10.2. The number of hydrogen-bond donors (Lipinski definition) is 0. The van der Waals surface area contributed by atoms with Crippen LogP contribution in [0.3, 0.4) is 0 Å². The standard InChI is InChI=1S/C40H22S/c1-5-23-13-14-24-6-2-9-31-33(21-29(7-1)37(23)38(24)31)27-17-15-26-20-28(18-16-25(26)19-27)34-22-30-8-3-11-35-39(30)40-32(34)10-4-12-36(40)41-35/h1-22H. The normalized spacial score (nSPS) is 12.4. The molecule has 0 bridgehead atoms. The quantitative estimate of drug-likeness (QED) is 0.193. The van der Waals surface area contributed by atoms with Crippen molar-refractivity contribution in [1.29, 1.82) is 0 Å². The average Bonchev–Trinajstić information content (AvgIpc) is 3.42. The van der Waals surface area contributed by atoms with E-state index in [1.165, 1.54) is 96.3 Å². The maximum Gasteiger partial charge on any atom is 0.0361 e. The Bertz CT molecular complexity index is 2630. The van der Waals surface area contributed by atoms with Crippen LogP contribution >= 0.6 is 11.3 Å². The lowest BCUT2D eigenvalue weighted by Crippen LogP contribution is -1.88. The van der Waals surface area contributed by atoms with Gasteiger partial charge in [-0.2, -0.15) is 0 Å². The van der Waals surface area contributed by atoms with E-state index in [1.54, 1.807) is 0 Å². The van der Waals surface area contributed by atoms with Crippen LogP contribution in [-0.4, -0.2) is 0 Å². The zero-order chi connectivity index (χ0) is 26.7. The smallest absolute Gasteiger partial charge is 0.0361 e. The van der Waals surface area contributed by atoms with Gasteiger partial charge in [0.2, 0.25) is 0 Å². The SMILES string of the molecule is c1cc2ccc3cccc4c(-c5ccc6cc(-c7cc8cccc9sc%10cccc7c%10c89)ccc6c5)cc(c1)c2c34. The first-order valence-electron chi connectivity index (χ1n) is 14.2. The predicted octanol–water partition coefficient (Wildman–Crippen LogP) is 12.0. The summed E-state index contributed by atoms with van der Waals surface area (Å²) in [6, 6.07) is 50.0. The van der Waals surface area contributed by atoms with Crippen LogP contribution in [0.1, 0.15) is 0 Å². The molecule has 0 aliphatic rings. The molecule has 9 aromatic carbocycles. The number of rotatable bonds is 2. The third kappa shape index (κ3) is 2.94. The molecule has 0 atom stereocenters. The molecule has 1 heteroatoms. The molecule has 1 aromatic heterocycles. The fraction of sp³-hybridized carbons (Fsp3) is 0. The van der Waals surface area contributed by atoms with Crippen LogP contribution in [-0.2, 0) is 0 Å². The molecule has 0 radical (unpaired) electrons. The third-order valence-electron chi connectivity index (χ3n) is 9.11. The number of fused-ring (bicyclic) bond motifs is 1. The molecule has 1 heterocycles. The fourth-order valence-corrected chi connectivity index (χ4v) is 8.46. The van der Waals surface area contributed by atoms with Crippen LogP contribution in [0.2, 0.25) is 0 Å². The van der Waals surface area contributed by atoms with Gasteiger partial charge < -0.3 is 0 Å². The summed E-state index contributed by atoms with van der Waals surface area (Å²) in [6.45, 7) is 0. The summed E-state index contributed by atoms with van der Waals surface area (Å²) in [5, 5.41) is 16.0. The zero-order valence-corrected chi connectivity index (χ0v) is 22.9. The summed E-state index contributed by atoms with van der Waals surface area (Å²) >= 11 is 1.90. The van der Waals surface area contributed by atoms with Crippen molar-refractivity contribution in [3.05, 3.63) is 133 Å². The van der Waals surface area contributed by atoms with Crippen molar-refractivity contribution < 1.29 is 0 Å². The summed E-state index contributed by atoms with van der Waals surface area (Å²) in [7, 11) is 0. The molecular weight excluding hydrogens is 513 g/mol. The highest BCUT2D eigenvalue weighted by Gasteiger charge is 2.16. The van der Waals surface area contributed by atoms with Crippen molar-refractivity contribution in [2.75, 3.05) is 0 Å². The summed E-state index contributed by atoms with van der Waals surface area (Å²) < 4.78 is 2.74. The monoisotopic (exact) mass is 534 g/mol. The van der Waals surface area contributed by atoms with Gasteiger partial charge in [-0.1, -0.05) is 97.1 Å². The van der Waals surface area contributed by atoms with Crippen molar-refractivity contribution in [3.8, 4) is 22.3 Å². The number of benzene rings is 9. The first-order chi connectivity index (χ1) is 20.3. The van der Waals surface area contributed by atoms with E-state index in [1.807, 2.05) is 11.3 Å². The molecule has 0 nitrogen and oxygen atoms in total. The molecule has 0 saturated heterocycles. The first-order valence-corrected chi connectivity index (χ1v) is 15.0. The van der Waals surface area contributed by atoms with Crippen LogP contribution in [0.15, 0.2) is 133 Å². The van der Waals surface area contributed by atoms with E-state index in [-0.39, 0.29) is 0 Å². The van der Waals surface area contributed by atoms with E-state index in [2.05, 4.69) is 133 Å². The van der Waals surface area contributed by atoms with Gasteiger partial charge in [0.1, 0.15) is 0 Å². The Balaban J connectivity index is 1.18. The Morgan fingerprint density at radius 3 is 1.51 bits per heavy atom. The highest BCUT2D eigenvalue weighted by Crippen LogP contribution is 2.45. The van der Waals surface area contributed by atoms with E-state index < -0.39 is 0 Å². The molecule has 0 N–H and O–H groups in total. The minimum absolute atomic E-state index is 1.26. The average molecular weight is 535 g/mol. The lowest BCUT2D eigenvalue weighted by atomic mass is 9.88. The van der Waals surface area contributed by atoms with Gasteiger partial charge >= 0.3 is 0 Å². The van der Waals surface area contributed by atoms with Crippen molar-refractivity contribution in [1.82, 2.24) is 0 Å². The van der Waals surface area contributed by atoms with Gasteiger partial charge in [-0.05, 0) is 113 Å². The van der Waals surface area contributed by atoms with Gasteiger partial charge in [-0.15, -0.1) is 11.3 Å². The van der Waals surface area contributed by atoms with E-state index in [0.717, 1.165) is 0 Å². The molecule has 188 valence electrons. The minimum Gasteiger partial charge on any atom is -0.135 e. The highest BCUT2D eigenvalue weighted by molar-refractivity contribution is 7.26. The molecule has 0 aliphatic heterocycles. The van der Waals surface area contributed by atoms with E-state index in [4.69, 9.17) is 0 Å². The summed E-state index contributed by atoms with van der Waals surface area (Å²) in [5.41, 5.74) is 5.15. The molecule has 0 spiro atoms. The van der Waals surface area contributed by atoms with Gasteiger partial charge in [0.05, 0.1) is 0 Å². The second-order valence-electron chi connectivity index (χ2n) is 11.3. The van der Waals surface area contributed by atoms with Gasteiger partial charge in [-0.3, -0.25) is 0 Å². The van der Waals surface area contributed by atoms with E-state index in [9.17, 15) is 0 Å². The Hall–Kier alpha value is -4.98. The highest BCUT2D eigenvalue weighted by atomic mass is 32.1. The van der Waals surface area contributed by atoms with Crippen LogP contribution in [0.5, 0.6) is 0 Å². The van der Waals surface area contributed by atoms with Crippen LogP contribution in [0, 0.1) is 0 Å². The molecular formula is C40H22S. The molecule has 0 saturated carbocycles. The summed E-state index contributed by atoms with van der Waals surface area (Å²) in [4.78, 5) is 0. The second-order valence-corrected chi connectivity index (χ2v) is 12.4. The van der Waals surface area contributed by atoms with Crippen molar-refractivity contribution in [2.45, 2.75) is 0 Å². The fourth-order valence-electron chi connectivity index (χ4n) is 7.29. The Morgan fingerprint density at radius 1 is 0.317 bits per heavy atom. The predicted molar refractivity (Wildman–Crippen MR) is 180 cm³/mol. The summed E-state index contributed by atoms with van der Waals surface area (Å²) in [6.07, 6.45) is 0. The second kappa shape index (κ2) is 7.81. The van der Waals surface area contributed by atoms with Crippen LogP contribution < -0.4 is 0 Å². The van der Waals surface area contributed by atoms with Crippen LogP contribution in [0.25, 0.3) is 96.3 Å². The van der Waals surface area contributed by atoms with Crippen molar-refractivity contribution in [2.24, 2.45) is 0 Å². The molecule has 0 unspecified atom stereocenters. The molecule has 41 heavy (non-hydrogen) atoms. The van der Waals surface area contributed by atoms with Gasteiger partial charge in [0.15, 0.2) is 0 Å². The maximum absolute atomic E-state index is 2.39. The molecule has 10 aromatic rings. The number of hydrogen-bond acceptors (Lipinski definition) is 1. The lowest BCUT2D eigenvalue weighted by molar-refractivity contribution is 1.69. The number of thiophene rings is 1. The Labute approximate surface area is 240 Å². The van der Waals surface area contributed by atoms with Gasteiger partial charge in [0.25, 0.3) is 0 Å². The molecule has 10 rings (SSSR count). The van der Waals surface area contributed by atoms with Crippen LogP contribution in [0.4, 0.5) is 0 Å². The van der Waals surface area contributed by atoms with Gasteiger partial charge in [-0.25, -0.2) is 0 Å². The molecule has 0 aliphatic carbocycles. The largest absolute Gasteiger partial charge is 0.135 e. The Morgan fingerprint density at radius 2 is 0.805 bits per heavy atom. The topological polar surface area (TPSA) is 0 Å².